The average molecular weight is 342 g/mol. The van der Waals surface area contributed by atoms with Crippen LogP contribution in [0.15, 0.2) is 48.5 Å². The zero-order valence-corrected chi connectivity index (χ0v) is 14.8. The summed E-state index contributed by atoms with van der Waals surface area (Å²) >= 11 is 0. The fraction of sp³-hybridized carbons (Fsp3) is 0.350. The first kappa shape index (κ1) is 18.8. The molecule has 3 N–H and O–H groups in total. The van der Waals surface area contributed by atoms with Crippen LogP contribution in [0.3, 0.4) is 0 Å². The number of rotatable bonds is 9. The van der Waals surface area contributed by atoms with Gasteiger partial charge in [0.25, 0.3) is 0 Å². The molecule has 0 aliphatic rings. The first-order chi connectivity index (χ1) is 12.1. The minimum Gasteiger partial charge on any atom is -0.497 e. The number of aliphatic hydroxyl groups is 1. The molecule has 0 saturated carbocycles. The Hall–Kier alpha value is -2.53. The third-order valence-corrected chi connectivity index (χ3v) is 4.03. The summed E-state index contributed by atoms with van der Waals surface area (Å²) in [4.78, 5) is 11.9. The maximum Gasteiger partial charge on any atom is 0.224 e. The molecule has 2 rings (SSSR count). The summed E-state index contributed by atoms with van der Waals surface area (Å²) in [6.45, 7) is 2.60. The molecule has 0 aromatic heterocycles. The van der Waals surface area contributed by atoms with Crippen LogP contribution in [0.2, 0.25) is 0 Å². The van der Waals surface area contributed by atoms with Crippen LogP contribution in [-0.2, 0) is 17.8 Å². The second-order valence-corrected chi connectivity index (χ2v) is 5.93. The molecule has 1 atom stereocenters. The Bertz CT molecular complexity index is 667. The van der Waals surface area contributed by atoms with Crippen LogP contribution >= 0.6 is 0 Å². The quantitative estimate of drug-likeness (QED) is 0.655. The number of ether oxygens (including phenoxy) is 1. The number of aliphatic hydroxyl groups excluding tert-OH is 1. The van der Waals surface area contributed by atoms with E-state index in [1.165, 1.54) is 0 Å². The maximum atomic E-state index is 11.9. The maximum absolute atomic E-state index is 11.9. The lowest BCUT2D eigenvalue weighted by atomic mass is 10.1. The third kappa shape index (κ3) is 6.12. The Morgan fingerprint density at radius 3 is 2.56 bits per heavy atom. The van der Waals surface area contributed by atoms with Gasteiger partial charge >= 0.3 is 0 Å². The van der Waals surface area contributed by atoms with E-state index in [4.69, 9.17) is 9.84 Å². The minimum absolute atomic E-state index is 0.0324. The molecule has 0 heterocycles. The molecule has 2 aromatic carbocycles. The van der Waals surface area contributed by atoms with Crippen molar-refractivity contribution in [2.45, 2.75) is 32.4 Å². The molecule has 0 spiro atoms. The third-order valence-electron chi connectivity index (χ3n) is 4.03. The Labute approximate surface area is 149 Å². The smallest absolute Gasteiger partial charge is 0.224 e. The Morgan fingerprint density at radius 1 is 1.16 bits per heavy atom. The molecule has 25 heavy (non-hydrogen) atoms. The van der Waals surface area contributed by atoms with E-state index in [1.54, 1.807) is 7.11 Å². The van der Waals surface area contributed by atoms with Gasteiger partial charge in [-0.05, 0) is 41.8 Å². The van der Waals surface area contributed by atoms with E-state index in [0.29, 0.717) is 13.0 Å². The highest BCUT2D eigenvalue weighted by atomic mass is 16.5. The van der Waals surface area contributed by atoms with Gasteiger partial charge in [-0.3, -0.25) is 4.79 Å². The molecule has 1 amide bonds. The van der Waals surface area contributed by atoms with Gasteiger partial charge in [-0.15, -0.1) is 0 Å². The first-order valence-corrected chi connectivity index (χ1v) is 8.50. The zero-order valence-electron chi connectivity index (χ0n) is 14.8. The van der Waals surface area contributed by atoms with Crippen molar-refractivity contribution < 1.29 is 14.6 Å². The molecule has 2 aromatic rings. The van der Waals surface area contributed by atoms with Crippen molar-refractivity contribution in [1.82, 2.24) is 5.32 Å². The summed E-state index contributed by atoms with van der Waals surface area (Å²) in [6.07, 6.45) is 1.03. The van der Waals surface area contributed by atoms with E-state index in [1.807, 2.05) is 55.5 Å². The highest BCUT2D eigenvalue weighted by Crippen LogP contribution is 2.15. The van der Waals surface area contributed by atoms with Gasteiger partial charge in [0.05, 0.1) is 26.2 Å². The van der Waals surface area contributed by atoms with Crippen molar-refractivity contribution in [2.75, 3.05) is 19.0 Å². The van der Waals surface area contributed by atoms with Gasteiger partial charge in [-0.25, -0.2) is 0 Å². The summed E-state index contributed by atoms with van der Waals surface area (Å²) in [7, 11) is 1.66. The van der Waals surface area contributed by atoms with Gasteiger partial charge in [0.1, 0.15) is 5.75 Å². The number of methoxy groups -OCH3 is 1. The van der Waals surface area contributed by atoms with Crippen molar-refractivity contribution in [2.24, 2.45) is 0 Å². The van der Waals surface area contributed by atoms with Crippen LogP contribution in [-0.4, -0.2) is 30.8 Å². The van der Waals surface area contributed by atoms with E-state index in [0.717, 1.165) is 29.0 Å². The number of hydrogen-bond acceptors (Lipinski definition) is 4. The highest BCUT2D eigenvalue weighted by Gasteiger charge is 2.09. The summed E-state index contributed by atoms with van der Waals surface area (Å²) in [6, 6.07) is 15.6. The van der Waals surface area contributed by atoms with Crippen molar-refractivity contribution in [3.63, 3.8) is 0 Å². The van der Waals surface area contributed by atoms with E-state index < -0.39 is 0 Å². The van der Waals surface area contributed by atoms with Gasteiger partial charge < -0.3 is 20.5 Å². The van der Waals surface area contributed by atoms with E-state index in [9.17, 15) is 4.79 Å². The molecule has 0 radical (unpaired) electrons. The Morgan fingerprint density at radius 2 is 1.92 bits per heavy atom. The molecular weight excluding hydrogens is 316 g/mol. The monoisotopic (exact) mass is 342 g/mol. The van der Waals surface area contributed by atoms with Crippen molar-refractivity contribution in [3.05, 3.63) is 59.7 Å². The average Bonchev–Trinajstić information content (AvgIpc) is 2.65. The molecule has 0 fully saturated rings. The van der Waals surface area contributed by atoms with E-state index >= 15 is 0 Å². The number of carbonyl (C=O) groups is 1. The number of amides is 1. The van der Waals surface area contributed by atoms with Crippen LogP contribution in [0, 0.1) is 0 Å². The lowest BCUT2D eigenvalue weighted by Gasteiger charge is -2.14. The number of carbonyl (C=O) groups excluding carboxylic acids is 1. The van der Waals surface area contributed by atoms with Crippen LogP contribution in [0.4, 0.5) is 5.69 Å². The topological polar surface area (TPSA) is 70.6 Å². The molecule has 1 unspecified atom stereocenters. The number of hydrogen-bond donors (Lipinski definition) is 3. The van der Waals surface area contributed by atoms with E-state index in [-0.39, 0.29) is 18.6 Å². The van der Waals surface area contributed by atoms with Gasteiger partial charge in [-0.2, -0.15) is 0 Å². The zero-order chi connectivity index (χ0) is 18.1. The molecule has 0 aliphatic carbocycles. The lowest BCUT2D eigenvalue weighted by molar-refractivity contribution is -0.121. The van der Waals surface area contributed by atoms with Crippen LogP contribution in [0.25, 0.3) is 0 Å². The second kappa shape index (κ2) is 9.69. The van der Waals surface area contributed by atoms with Crippen molar-refractivity contribution >= 4 is 11.6 Å². The fourth-order valence-corrected chi connectivity index (χ4v) is 2.47. The molecular formula is C20H26N2O3. The summed E-state index contributed by atoms with van der Waals surface area (Å²) in [5.41, 5.74) is 3.07. The molecule has 0 aliphatic heterocycles. The van der Waals surface area contributed by atoms with Crippen molar-refractivity contribution in [1.29, 1.82) is 0 Å². The molecule has 5 heteroatoms. The summed E-state index contributed by atoms with van der Waals surface area (Å²) < 4.78 is 5.22. The SMILES string of the molecule is CCC(CO)NC(=O)Cc1ccc(NCc2cccc(OC)c2)cc1. The predicted octanol–water partition coefficient (Wildman–Crippen LogP) is 2.74. The predicted molar refractivity (Wildman–Crippen MR) is 99.8 cm³/mol. The fourth-order valence-electron chi connectivity index (χ4n) is 2.47. The minimum atomic E-state index is -0.170. The van der Waals surface area contributed by atoms with Gasteiger partial charge in [0.15, 0.2) is 0 Å². The molecule has 5 nitrogen and oxygen atoms in total. The normalized spacial score (nSPS) is 11.6. The standard InChI is InChI=1S/C20H26N2O3/c1-3-17(14-23)22-20(24)12-15-7-9-18(10-8-15)21-13-16-5-4-6-19(11-16)25-2/h4-11,17,21,23H,3,12-14H2,1-2H3,(H,22,24). The molecule has 0 saturated heterocycles. The number of nitrogens with one attached hydrogen (secondary N) is 2. The van der Waals surface area contributed by atoms with Gasteiger partial charge in [0.2, 0.25) is 5.91 Å². The Balaban J connectivity index is 1.85. The first-order valence-electron chi connectivity index (χ1n) is 8.50. The number of benzene rings is 2. The van der Waals surface area contributed by atoms with E-state index in [2.05, 4.69) is 10.6 Å². The van der Waals surface area contributed by atoms with Crippen LogP contribution < -0.4 is 15.4 Å². The Kier molecular flexibility index (Phi) is 7.29. The van der Waals surface area contributed by atoms with Crippen LogP contribution in [0.5, 0.6) is 5.75 Å². The van der Waals surface area contributed by atoms with Crippen molar-refractivity contribution in [3.8, 4) is 5.75 Å². The van der Waals surface area contributed by atoms with Crippen LogP contribution in [0.1, 0.15) is 24.5 Å². The summed E-state index contributed by atoms with van der Waals surface area (Å²) in [5.74, 6) is 0.770. The van der Waals surface area contributed by atoms with Gasteiger partial charge in [-0.1, -0.05) is 31.2 Å². The highest BCUT2D eigenvalue weighted by molar-refractivity contribution is 5.79. The summed E-state index contributed by atoms with van der Waals surface area (Å²) in [5, 5.41) is 15.3. The largest absolute Gasteiger partial charge is 0.497 e. The second-order valence-electron chi connectivity index (χ2n) is 5.93. The molecule has 134 valence electrons. The van der Waals surface area contributed by atoms with Gasteiger partial charge in [0, 0.05) is 12.2 Å². The lowest BCUT2D eigenvalue weighted by Crippen LogP contribution is -2.37. The molecule has 0 bridgehead atoms. The number of anilines is 1.